The first-order chi connectivity index (χ1) is 12.1. The second-order valence-electron chi connectivity index (χ2n) is 7.06. The highest BCUT2D eigenvalue weighted by Gasteiger charge is 2.31. The standard InChI is InChI=1S/C19H27N3O3/c23-18(24)16-9-11-22(14-16)19(25)20-12-17-8-4-5-10-21(17)13-15-6-2-1-3-7-15/h1-3,6-7,16-17H,4-5,8-14H2,(H,20,25)(H,23,24). The zero-order valence-electron chi connectivity index (χ0n) is 14.6. The maximum Gasteiger partial charge on any atom is 0.317 e. The molecule has 6 nitrogen and oxygen atoms in total. The van der Waals surface area contributed by atoms with E-state index in [4.69, 9.17) is 5.11 Å². The number of hydrogen-bond donors (Lipinski definition) is 2. The van der Waals surface area contributed by atoms with Crippen molar-refractivity contribution in [2.45, 2.75) is 38.3 Å². The van der Waals surface area contributed by atoms with E-state index in [9.17, 15) is 9.59 Å². The minimum Gasteiger partial charge on any atom is -0.481 e. The first kappa shape index (κ1) is 17.7. The molecule has 136 valence electrons. The van der Waals surface area contributed by atoms with Crippen molar-refractivity contribution in [2.24, 2.45) is 5.92 Å². The summed E-state index contributed by atoms with van der Waals surface area (Å²) in [4.78, 5) is 27.4. The second-order valence-corrected chi connectivity index (χ2v) is 7.06. The summed E-state index contributed by atoms with van der Waals surface area (Å²) in [5, 5.41) is 12.1. The summed E-state index contributed by atoms with van der Waals surface area (Å²) in [5.74, 6) is -1.23. The van der Waals surface area contributed by atoms with Crippen molar-refractivity contribution in [1.82, 2.24) is 15.1 Å². The molecule has 1 aromatic rings. The molecule has 0 aliphatic carbocycles. The Morgan fingerprint density at radius 2 is 1.92 bits per heavy atom. The van der Waals surface area contributed by atoms with E-state index >= 15 is 0 Å². The van der Waals surface area contributed by atoms with Crippen LogP contribution in [0.15, 0.2) is 30.3 Å². The zero-order valence-corrected chi connectivity index (χ0v) is 14.6. The first-order valence-electron chi connectivity index (χ1n) is 9.17. The van der Waals surface area contributed by atoms with Gasteiger partial charge in [-0.2, -0.15) is 0 Å². The molecule has 2 aliphatic rings. The molecule has 0 bridgehead atoms. The fourth-order valence-electron chi connectivity index (χ4n) is 3.78. The van der Waals surface area contributed by atoms with E-state index in [0.717, 1.165) is 19.5 Å². The van der Waals surface area contributed by atoms with E-state index in [1.165, 1.54) is 18.4 Å². The molecular weight excluding hydrogens is 318 g/mol. The van der Waals surface area contributed by atoms with Gasteiger partial charge in [0.15, 0.2) is 0 Å². The average Bonchev–Trinajstić information content (AvgIpc) is 3.12. The highest BCUT2D eigenvalue weighted by molar-refractivity contribution is 5.77. The number of likely N-dealkylation sites (tertiary alicyclic amines) is 2. The quantitative estimate of drug-likeness (QED) is 0.858. The highest BCUT2D eigenvalue weighted by Crippen LogP contribution is 2.20. The Balaban J connectivity index is 1.50. The maximum absolute atomic E-state index is 12.3. The Labute approximate surface area is 148 Å². The fraction of sp³-hybridized carbons (Fsp3) is 0.579. The lowest BCUT2D eigenvalue weighted by Crippen LogP contribution is -2.48. The van der Waals surface area contributed by atoms with Crippen LogP contribution < -0.4 is 5.32 Å². The number of carboxylic acids is 1. The average molecular weight is 345 g/mol. The van der Waals surface area contributed by atoms with Crippen molar-refractivity contribution < 1.29 is 14.7 Å². The van der Waals surface area contributed by atoms with Crippen molar-refractivity contribution in [2.75, 3.05) is 26.2 Å². The van der Waals surface area contributed by atoms with Gasteiger partial charge in [-0.25, -0.2) is 4.79 Å². The number of nitrogens with one attached hydrogen (secondary N) is 1. The van der Waals surface area contributed by atoms with E-state index in [0.29, 0.717) is 32.1 Å². The summed E-state index contributed by atoms with van der Waals surface area (Å²) < 4.78 is 0. The van der Waals surface area contributed by atoms with Gasteiger partial charge in [0.25, 0.3) is 0 Å². The first-order valence-corrected chi connectivity index (χ1v) is 9.17. The van der Waals surface area contributed by atoms with Gasteiger partial charge in [-0.1, -0.05) is 36.8 Å². The lowest BCUT2D eigenvalue weighted by atomic mass is 10.0. The Bertz CT molecular complexity index is 593. The van der Waals surface area contributed by atoms with Crippen molar-refractivity contribution in [3.05, 3.63) is 35.9 Å². The molecule has 0 spiro atoms. The molecule has 2 fully saturated rings. The topological polar surface area (TPSA) is 72.9 Å². The number of hydrogen-bond acceptors (Lipinski definition) is 3. The van der Waals surface area contributed by atoms with Crippen LogP contribution in [0.5, 0.6) is 0 Å². The van der Waals surface area contributed by atoms with Crippen molar-refractivity contribution in [3.63, 3.8) is 0 Å². The summed E-state index contributed by atoms with van der Waals surface area (Å²) in [6.07, 6.45) is 4.03. The van der Waals surface area contributed by atoms with Gasteiger partial charge in [0.05, 0.1) is 5.92 Å². The predicted molar refractivity (Wildman–Crippen MR) is 95.2 cm³/mol. The van der Waals surface area contributed by atoms with Gasteiger partial charge in [-0.05, 0) is 31.4 Å². The molecule has 2 N–H and O–H groups in total. The molecule has 6 heteroatoms. The Kier molecular flexibility index (Phi) is 5.91. The van der Waals surface area contributed by atoms with Crippen molar-refractivity contribution >= 4 is 12.0 Å². The normalized spacial score (nSPS) is 24.2. The third-order valence-electron chi connectivity index (χ3n) is 5.29. The molecule has 1 aromatic carbocycles. The second kappa shape index (κ2) is 8.34. The Hall–Kier alpha value is -2.08. The van der Waals surface area contributed by atoms with Gasteiger partial charge < -0.3 is 15.3 Å². The smallest absolute Gasteiger partial charge is 0.317 e. The molecule has 0 radical (unpaired) electrons. The molecule has 0 aromatic heterocycles. The largest absolute Gasteiger partial charge is 0.481 e. The Morgan fingerprint density at radius 1 is 1.12 bits per heavy atom. The van der Waals surface area contributed by atoms with Gasteiger partial charge >= 0.3 is 12.0 Å². The number of amides is 2. The summed E-state index contributed by atoms with van der Waals surface area (Å²) in [6.45, 7) is 3.44. The number of carbonyl (C=O) groups is 2. The van der Waals surface area contributed by atoms with Crippen LogP contribution in [0, 0.1) is 5.92 Å². The van der Waals surface area contributed by atoms with E-state index in [1.807, 2.05) is 6.07 Å². The zero-order chi connectivity index (χ0) is 17.6. The lowest BCUT2D eigenvalue weighted by molar-refractivity contribution is -0.141. The minimum atomic E-state index is -0.809. The summed E-state index contributed by atoms with van der Waals surface area (Å²) >= 11 is 0. The van der Waals surface area contributed by atoms with Crippen LogP contribution in [-0.2, 0) is 11.3 Å². The summed E-state index contributed by atoms with van der Waals surface area (Å²) in [6, 6.07) is 10.6. The van der Waals surface area contributed by atoms with Crippen LogP contribution in [0.25, 0.3) is 0 Å². The molecule has 3 rings (SSSR count). The number of piperidine rings is 1. The van der Waals surface area contributed by atoms with Crippen LogP contribution in [0.1, 0.15) is 31.2 Å². The SMILES string of the molecule is O=C(O)C1CCN(C(=O)NCC2CCCCN2Cc2ccccc2)C1. The molecule has 25 heavy (non-hydrogen) atoms. The number of carboxylic acid groups (broad SMARTS) is 1. The monoisotopic (exact) mass is 345 g/mol. The molecule has 2 atom stereocenters. The molecule has 0 saturated carbocycles. The summed E-state index contributed by atoms with van der Waals surface area (Å²) in [5.41, 5.74) is 1.30. The van der Waals surface area contributed by atoms with Gasteiger partial charge in [0.2, 0.25) is 0 Å². The van der Waals surface area contributed by atoms with Gasteiger partial charge in [-0.15, -0.1) is 0 Å². The molecule has 2 amide bonds. The number of carbonyl (C=O) groups excluding carboxylic acids is 1. The van der Waals surface area contributed by atoms with E-state index in [1.54, 1.807) is 4.90 Å². The van der Waals surface area contributed by atoms with Gasteiger partial charge in [0.1, 0.15) is 0 Å². The number of urea groups is 1. The highest BCUT2D eigenvalue weighted by atomic mass is 16.4. The number of rotatable bonds is 5. The van der Waals surface area contributed by atoms with Crippen LogP contribution in [0.4, 0.5) is 4.79 Å². The van der Waals surface area contributed by atoms with Crippen LogP contribution in [0.2, 0.25) is 0 Å². The minimum absolute atomic E-state index is 0.131. The molecule has 2 unspecified atom stereocenters. The van der Waals surface area contributed by atoms with E-state index in [-0.39, 0.29) is 6.03 Å². The van der Waals surface area contributed by atoms with Crippen LogP contribution in [0.3, 0.4) is 0 Å². The van der Waals surface area contributed by atoms with Gasteiger partial charge in [0, 0.05) is 32.2 Å². The van der Waals surface area contributed by atoms with Crippen LogP contribution in [-0.4, -0.2) is 59.1 Å². The fourth-order valence-corrected chi connectivity index (χ4v) is 3.78. The third-order valence-corrected chi connectivity index (χ3v) is 5.29. The molecule has 2 saturated heterocycles. The third kappa shape index (κ3) is 4.72. The van der Waals surface area contributed by atoms with E-state index < -0.39 is 11.9 Å². The number of aliphatic carboxylic acids is 1. The molecule has 2 aliphatic heterocycles. The number of benzene rings is 1. The van der Waals surface area contributed by atoms with E-state index in [2.05, 4.69) is 34.5 Å². The van der Waals surface area contributed by atoms with Gasteiger partial charge in [-0.3, -0.25) is 9.69 Å². The van der Waals surface area contributed by atoms with Crippen molar-refractivity contribution in [1.29, 1.82) is 0 Å². The maximum atomic E-state index is 12.3. The van der Waals surface area contributed by atoms with Crippen LogP contribution >= 0.6 is 0 Å². The molecular formula is C19H27N3O3. The molecule has 2 heterocycles. The number of nitrogens with zero attached hydrogens (tertiary/aromatic N) is 2. The lowest BCUT2D eigenvalue weighted by Gasteiger charge is -2.36. The Morgan fingerprint density at radius 3 is 2.64 bits per heavy atom. The van der Waals surface area contributed by atoms with Crippen molar-refractivity contribution in [3.8, 4) is 0 Å². The predicted octanol–water partition coefficient (Wildman–Crippen LogP) is 2.16. The summed E-state index contributed by atoms with van der Waals surface area (Å²) in [7, 11) is 0.